The van der Waals surface area contributed by atoms with Crippen molar-refractivity contribution in [1.82, 2.24) is 15.1 Å². The van der Waals surface area contributed by atoms with Crippen LogP contribution >= 0.6 is 0 Å². The number of hydrogen-bond acceptors (Lipinski definition) is 7. The topological polar surface area (TPSA) is 50.5 Å². The quantitative estimate of drug-likeness (QED) is 0.210. The molecule has 10 rings (SSSR count). The van der Waals surface area contributed by atoms with Crippen molar-refractivity contribution in [1.29, 1.82) is 0 Å². The maximum atomic E-state index is 6.81. The second-order valence-corrected chi connectivity index (χ2v) is 14.6. The lowest BCUT2D eigenvalue weighted by Crippen LogP contribution is -2.71. The number of allylic oxidation sites excluding steroid dienone is 1. The average molecular weight is 659 g/mol. The lowest BCUT2D eigenvalue weighted by atomic mass is 9.48. The molecule has 0 saturated carbocycles. The van der Waals surface area contributed by atoms with Crippen LogP contribution in [0.2, 0.25) is 0 Å². The summed E-state index contributed by atoms with van der Waals surface area (Å²) in [4.78, 5) is 15.6. The molecular formula is C43H42N6O. The third-order valence-corrected chi connectivity index (χ3v) is 12.8. The van der Waals surface area contributed by atoms with Crippen LogP contribution in [0.15, 0.2) is 125 Å². The summed E-state index contributed by atoms with van der Waals surface area (Å²) in [6.45, 7) is 12.1. The molecule has 5 aliphatic heterocycles. The van der Waals surface area contributed by atoms with Gasteiger partial charge >= 0.3 is 0 Å². The first kappa shape index (κ1) is 29.6. The summed E-state index contributed by atoms with van der Waals surface area (Å²) in [5.41, 5.74) is 10.5. The minimum atomic E-state index is -0.425. The number of rotatable bonds is 3. The smallest absolute Gasteiger partial charge is 0.159 e. The number of hydrogen-bond donors (Lipinski definition) is 1. The summed E-state index contributed by atoms with van der Waals surface area (Å²) >= 11 is 0. The number of furan rings is 1. The standard InChI is InChI=1S/C43H42N6O/c1-7-42-27(4)29-21-22-31-30-17-11-14-20-35(30)50-37(31)36(29)48-24-23-46(5)40(48)43(42,8-2)41-47(6)39-34(49(41)33-19-13-12-18-32(33)42)25-44-38(45-39)28-16-10-9-15-26(28)3/h9-25,39-41H,4,7-8H2,1-3,5-6H3,(H,44,45). The highest BCUT2D eigenvalue weighted by Crippen LogP contribution is 2.70. The highest BCUT2D eigenvalue weighted by atomic mass is 16.3. The van der Waals surface area contributed by atoms with Gasteiger partial charge in [-0.25, -0.2) is 4.99 Å². The Hall–Kier alpha value is -5.27. The molecule has 0 bridgehead atoms. The van der Waals surface area contributed by atoms with E-state index in [2.05, 4.69) is 163 Å². The van der Waals surface area contributed by atoms with E-state index in [-0.39, 0.29) is 23.9 Å². The molecule has 5 atom stereocenters. The molecule has 5 aromatic rings. The second kappa shape index (κ2) is 10.1. The van der Waals surface area contributed by atoms with Gasteiger partial charge in [-0.1, -0.05) is 87.2 Å². The van der Waals surface area contributed by atoms with Crippen LogP contribution in [0.3, 0.4) is 0 Å². The summed E-state index contributed by atoms with van der Waals surface area (Å²) in [6, 6.07) is 30.5. The normalized spacial score (nSPS) is 28.0. The molecule has 0 amide bonds. The van der Waals surface area contributed by atoms with Crippen molar-refractivity contribution >= 4 is 44.7 Å². The van der Waals surface area contributed by atoms with E-state index >= 15 is 0 Å². The molecule has 1 saturated heterocycles. The number of fused-ring (bicyclic) bond motifs is 16. The van der Waals surface area contributed by atoms with E-state index in [1.54, 1.807) is 0 Å². The van der Waals surface area contributed by atoms with Gasteiger partial charge in [0.15, 0.2) is 5.58 Å². The zero-order valence-electron chi connectivity index (χ0n) is 29.3. The van der Waals surface area contributed by atoms with Gasteiger partial charge < -0.3 is 24.4 Å². The van der Waals surface area contributed by atoms with Crippen molar-refractivity contribution < 1.29 is 4.42 Å². The van der Waals surface area contributed by atoms with E-state index in [9.17, 15) is 0 Å². The molecular weight excluding hydrogens is 617 g/mol. The number of aryl methyl sites for hydroxylation is 1. The van der Waals surface area contributed by atoms with Crippen molar-refractivity contribution in [2.24, 2.45) is 10.4 Å². The molecule has 1 aromatic heterocycles. The lowest BCUT2D eigenvalue weighted by molar-refractivity contribution is -0.0289. The minimum absolute atomic E-state index is 0.0348. The van der Waals surface area contributed by atoms with E-state index in [1.165, 1.54) is 22.5 Å². The van der Waals surface area contributed by atoms with E-state index in [0.717, 1.165) is 63.0 Å². The van der Waals surface area contributed by atoms with Crippen LogP contribution in [0.4, 0.5) is 11.4 Å². The van der Waals surface area contributed by atoms with Gasteiger partial charge in [0.05, 0.1) is 23.0 Å². The molecule has 50 heavy (non-hydrogen) atoms. The summed E-state index contributed by atoms with van der Waals surface area (Å²) in [7, 11) is 4.53. The molecule has 4 aromatic carbocycles. The van der Waals surface area contributed by atoms with Gasteiger partial charge in [-0.05, 0) is 61.7 Å². The first-order valence-corrected chi connectivity index (χ1v) is 17.9. The van der Waals surface area contributed by atoms with Crippen LogP contribution in [-0.4, -0.2) is 48.2 Å². The van der Waals surface area contributed by atoms with Gasteiger partial charge in [0.1, 0.15) is 23.8 Å². The molecule has 0 radical (unpaired) electrons. The number of benzene rings is 4. The number of para-hydroxylation sites is 2. The number of anilines is 2. The van der Waals surface area contributed by atoms with Crippen molar-refractivity contribution in [2.75, 3.05) is 23.9 Å². The van der Waals surface area contributed by atoms with Crippen molar-refractivity contribution in [2.45, 2.75) is 57.5 Å². The predicted octanol–water partition coefficient (Wildman–Crippen LogP) is 8.52. The van der Waals surface area contributed by atoms with Crippen LogP contribution in [-0.2, 0) is 5.41 Å². The van der Waals surface area contributed by atoms with Crippen molar-refractivity contribution in [3.63, 3.8) is 0 Å². The number of aliphatic imine (C=N–C) groups is 1. The van der Waals surface area contributed by atoms with Gasteiger partial charge in [0.2, 0.25) is 0 Å². The van der Waals surface area contributed by atoms with E-state index in [4.69, 9.17) is 16.0 Å². The Labute approximate surface area is 293 Å². The Morgan fingerprint density at radius 2 is 1.62 bits per heavy atom. The summed E-state index contributed by atoms with van der Waals surface area (Å²) in [6.07, 6.45) is 8.30. The molecule has 7 heteroatoms. The van der Waals surface area contributed by atoms with Crippen molar-refractivity contribution in [3.8, 4) is 0 Å². The van der Waals surface area contributed by atoms with Gasteiger partial charge in [0.25, 0.3) is 0 Å². The molecule has 5 unspecified atom stereocenters. The number of amidine groups is 1. The summed E-state index contributed by atoms with van der Waals surface area (Å²) < 4.78 is 6.81. The summed E-state index contributed by atoms with van der Waals surface area (Å²) in [5, 5.41) is 5.91. The monoisotopic (exact) mass is 658 g/mol. The molecule has 1 fully saturated rings. The molecule has 6 heterocycles. The Morgan fingerprint density at radius 3 is 2.44 bits per heavy atom. The highest BCUT2D eigenvalue weighted by Gasteiger charge is 2.72. The fourth-order valence-corrected chi connectivity index (χ4v) is 10.8. The van der Waals surface area contributed by atoms with Crippen LogP contribution in [0.25, 0.3) is 27.5 Å². The largest absolute Gasteiger partial charge is 0.454 e. The minimum Gasteiger partial charge on any atom is -0.454 e. The van der Waals surface area contributed by atoms with Gasteiger partial charge in [-0.2, -0.15) is 0 Å². The van der Waals surface area contributed by atoms with Crippen LogP contribution in [0.1, 0.15) is 48.9 Å². The molecule has 7 nitrogen and oxygen atoms in total. The Balaban J connectivity index is 1.28. The zero-order chi connectivity index (χ0) is 34.1. The fraction of sp³-hybridized carbons (Fsp3) is 0.279. The average Bonchev–Trinajstić information content (AvgIpc) is 3.80. The maximum absolute atomic E-state index is 6.81. The fourth-order valence-electron chi connectivity index (χ4n) is 10.8. The maximum Gasteiger partial charge on any atom is 0.159 e. The first-order chi connectivity index (χ1) is 24.4. The summed E-state index contributed by atoms with van der Waals surface area (Å²) in [5.74, 6) is 0.912. The lowest BCUT2D eigenvalue weighted by Gasteiger charge is -2.64. The van der Waals surface area contributed by atoms with E-state index in [1.807, 2.05) is 0 Å². The first-order valence-electron chi connectivity index (χ1n) is 17.9. The van der Waals surface area contributed by atoms with E-state index in [0.29, 0.717) is 0 Å². The Kier molecular flexibility index (Phi) is 6.01. The van der Waals surface area contributed by atoms with Crippen LogP contribution < -0.4 is 15.1 Å². The Morgan fingerprint density at radius 1 is 0.840 bits per heavy atom. The molecule has 5 aliphatic rings. The van der Waals surface area contributed by atoms with Crippen LogP contribution in [0, 0.1) is 12.3 Å². The van der Waals surface area contributed by atoms with Crippen molar-refractivity contribution in [3.05, 3.63) is 138 Å². The third-order valence-electron chi connectivity index (χ3n) is 12.8. The molecule has 0 spiro atoms. The van der Waals surface area contributed by atoms with Gasteiger partial charge in [-0.3, -0.25) is 4.90 Å². The predicted molar refractivity (Wildman–Crippen MR) is 204 cm³/mol. The van der Waals surface area contributed by atoms with Gasteiger partial charge in [-0.15, -0.1) is 0 Å². The SMILES string of the molecule is C=C1c2ccc3c(oc4ccccc43)c2N2C=CN(C)C2C2(CC)C3N(C4=CNC(c5ccccc5C)=NC4N3C)c3ccccc3C12CC. The molecule has 0 aliphatic carbocycles. The second-order valence-electron chi connectivity index (χ2n) is 14.6. The van der Waals surface area contributed by atoms with Crippen LogP contribution in [0.5, 0.6) is 0 Å². The third kappa shape index (κ3) is 3.32. The molecule has 250 valence electrons. The number of nitrogens with one attached hydrogen (secondary N) is 1. The zero-order valence-corrected chi connectivity index (χ0v) is 29.3. The van der Waals surface area contributed by atoms with E-state index < -0.39 is 5.41 Å². The van der Waals surface area contributed by atoms with Gasteiger partial charge in [0, 0.05) is 58.6 Å². The highest BCUT2D eigenvalue weighted by molar-refractivity contribution is 6.12. The molecule has 1 N–H and O–H groups in total. The Bertz CT molecular complexity index is 2370. The number of likely N-dealkylation sites (N-methyl/N-ethyl adjacent to an activating group) is 1. The number of nitrogens with zero attached hydrogens (tertiary/aromatic N) is 5.